The number of aliphatic imine (C=N–C) groups is 1. The molecule has 2 rings (SSSR count). The first-order chi connectivity index (χ1) is 11.3. The molecular formula is C15H29N5O3S. The van der Waals surface area contributed by atoms with Crippen molar-refractivity contribution in [3.63, 3.8) is 0 Å². The number of sulfonamides is 1. The maximum absolute atomic E-state index is 11.8. The molecule has 1 amide bonds. The fourth-order valence-corrected chi connectivity index (χ4v) is 4.88. The Labute approximate surface area is 144 Å². The number of piperidine rings is 1. The molecule has 0 radical (unpaired) electrons. The zero-order chi connectivity index (χ0) is 17.7. The van der Waals surface area contributed by atoms with Crippen LogP contribution in [0.4, 0.5) is 0 Å². The topological polar surface area (TPSA) is 108 Å². The van der Waals surface area contributed by atoms with Crippen molar-refractivity contribution in [3.8, 4) is 0 Å². The van der Waals surface area contributed by atoms with E-state index in [1.54, 1.807) is 11.4 Å². The highest BCUT2D eigenvalue weighted by Crippen LogP contribution is 2.21. The van der Waals surface area contributed by atoms with Crippen molar-refractivity contribution in [2.24, 2.45) is 16.6 Å². The molecule has 0 spiro atoms. The third-order valence-electron chi connectivity index (χ3n) is 4.77. The second-order valence-electron chi connectivity index (χ2n) is 6.72. The van der Waals surface area contributed by atoms with Gasteiger partial charge < -0.3 is 16.0 Å². The molecule has 0 aliphatic carbocycles. The van der Waals surface area contributed by atoms with Crippen LogP contribution in [0.15, 0.2) is 4.99 Å². The molecule has 0 bridgehead atoms. The van der Waals surface area contributed by atoms with Gasteiger partial charge in [-0.25, -0.2) is 8.42 Å². The molecule has 2 aliphatic heterocycles. The van der Waals surface area contributed by atoms with Gasteiger partial charge in [-0.1, -0.05) is 0 Å². The number of primary amides is 1. The van der Waals surface area contributed by atoms with Gasteiger partial charge in [-0.15, -0.1) is 0 Å². The van der Waals surface area contributed by atoms with E-state index in [9.17, 15) is 13.2 Å². The summed E-state index contributed by atoms with van der Waals surface area (Å²) < 4.78 is 25.2. The lowest BCUT2D eigenvalue weighted by Gasteiger charge is -2.35. The number of nitrogens with zero attached hydrogens (tertiary/aromatic N) is 3. The summed E-state index contributed by atoms with van der Waals surface area (Å²) >= 11 is 0. The number of hydrogen-bond acceptors (Lipinski definition) is 4. The Hall–Kier alpha value is -1.35. The minimum Gasteiger partial charge on any atom is -0.370 e. The standard InChI is InChI=1S/C15H29N5O3S/c1-17-15(19-7-3-5-12(11-19)9-14(16)21)18-10-13-6-4-8-20(13)24(2,22)23/h12-13H,3-11H2,1-2H3,(H2,16,21)(H,17,18)/t12?,13-/m1/s1. The zero-order valence-corrected chi connectivity index (χ0v) is 15.4. The fraction of sp³-hybridized carbons (Fsp3) is 0.867. The van der Waals surface area contributed by atoms with E-state index in [1.165, 1.54) is 6.26 Å². The molecule has 1 unspecified atom stereocenters. The molecule has 2 heterocycles. The maximum Gasteiger partial charge on any atom is 0.217 e. The van der Waals surface area contributed by atoms with E-state index >= 15 is 0 Å². The van der Waals surface area contributed by atoms with Gasteiger partial charge in [0.05, 0.1) is 6.26 Å². The Bertz CT molecular complexity index is 578. The first-order valence-electron chi connectivity index (χ1n) is 8.52. The highest BCUT2D eigenvalue weighted by atomic mass is 32.2. The minimum atomic E-state index is -3.16. The number of nitrogens with two attached hydrogens (primary N) is 1. The predicted molar refractivity (Wildman–Crippen MR) is 94.0 cm³/mol. The average molecular weight is 359 g/mol. The number of guanidine groups is 1. The van der Waals surface area contributed by atoms with Crippen LogP contribution in [0.3, 0.4) is 0 Å². The van der Waals surface area contributed by atoms with E-state index in [-0.39, 0.29) is 17.9 Å². The number of hydrogen-bond donors (Lipinski definition) is 2. The Kier molecular flexibility index (Phi) is 6.45. The van der Waals surface area contributed by atoms with E-state index < -0.39 is 10.0 Å². The molecule has 8 nitrogen and oxygen atoms in total. The first kappa shape index (κ1) is 19.0. The minimum absolute atomic E-state index is 0.0250. The zero-order valence-electron chi connectivity index (χ0n) is 14.6. The maximum atomic E-state index is 11.8. The number of nitrogens with one attached hydrogen (secondary N) is 1. The van der Waals surface area contributed by atoms with E-state index in [4.69, 9.17) is 5.73 Å². The van der Waals surface area contributed by atoms with Crippen LogP contribution >= 0.6 is 0 Å². The second kappa shape index (κ2) is 8.15. The summed E-state index contributed by atoms with van der Waals surface area (Å²) in [5.74, 6) is 0.762. The van der Waals surface area contributed by atoms with E-state index in [0.29, 0.717) is 19.5 Å². The van der Waals surface area contributed by atoms with Gasteiger partial charge >= 0.3 is 0 Å². The van der Waals surface area contributed by atoms with Gasteiger partial charge in [0.15, 0.2) is 5.96 Å². The number of carbonyl (C=O) groups is 1. The summed E-state index contributed by atoms with van der Waals surface area (Å²) in [6, 6.07) is -0.0250. The van der Waals surface area contributed by atoms with Crippen molar-refractivity contribution in [3.05, 3.63) is 0 Å². The monoisotopic (exact) mass is 359 g/mol. The van der Waals surface area contributed by atoms with Gasteiger partial charge in [0, 0.05) is 45.7 Å². The van der Waals surface area contributed by atoms with Gasteiger partial charge in [-0.3, -0.25) is 9.79 Å². The highest BCUT2D eigenvalue weighted by Gasteiger charge is 2.32. The van der Waals surface area contributed by atoms with E-state index in [0.717, 1.165) is 44.7 Å². The molecule has 3 N–H and O–H groups in total. The van der Waals surface area contributed by atoms with Crippen molar-refractivity contribution in [2.75, 3.05) is 39.5 Å². The van der Waals surface area contributed by atoms with Gasteiger partial charge in [0.1, 0.15) is 0 Å². The molecule has 0 aromatic carbocycles. The molecule has 2 atom stereocenters. The van der Waals surface area contributed by atoms with Crippen LogP contribution in [0, 0.1) is 5.92 Å². The van der Waals surface area contributed by atoms with Crippen LogP contribution in [0.2, 0.25) is 0 Å². The van der Waals surface area contributed by atoms with Crippen LogP contribution in [0.5, 0.6) is 0 Å². The lowest BCUT2D eigenvalue weighted by atomic mass is 9.95. The Morgan fingerprint density at radius 3 is 2.62 bits per heavy atom. The Morgan fingerprint density at radius 1 is 1.29 bits per heavy atom. The molecule has 24 heavy (non-hydrogen) atoms. The molecule has 2 aliphatic rings. The second-order valence-corrected chi connectivity index (χ2v) is 8.66. The third-order valence-corrected chi connectivity index (χ3v) is 6.10. The molecule has 0 aromatic rings. The quantitative estimate of drug-likeness (QED) is 0.512. The van der Waals surface area contributed by atoms with Crippen molar-refractivity contribution in [2.45, 2.75) is 38.1 Å². The van der Waals surface area contributed by atoms with Crippen molar-refractivity contribution >= 4 is 21.9 Å². The third kappa shape index (κ3) is 5.07. The Morgan fingerprint density at radius 2 is 2.00 bits per heavy atom. The number of likely N-dealkylation sites (tertiary alicyclic amines) is 1. The van der Waals surface area contributed by atoms with E-state index in [1.807, 2.05) is 0 Å². The SMILES string of the molecule is CN=C(NC[C@H]1CCCN1S(C)(=O)=O)N1CCCC(CC(N)=O)C1. The van der Waals surface area contributed by atoms with Gasteiger partial charge in [-0.2, -0.15) is 4.31 Å². The summed E-state index contributed by atoms with van der Waals surface area (Å²) in [4.78, 5) is 17.6. The van der Waals surface area contributed by atoms with Crippen molar-refractivity contribution < 1.29 is 13.2 Å². The molecule has 9 heteroatoms. The predicted octanol–water partition coefficient (Wildman–Crippen LogP) is -0.427. The lowest BCUT2D eigenvalue weighted by Crippen LogP contribution is -2.50. The van der Waals surface area contributed by atoms with Gasteiger partial charge in [0.2, 0.25) is 15.9 Å². The van der Waals surface area contributed by atoms with Gasteiger partial charge in [0.25, 0.3) is 0 Å². The van der Waals surface area contributed by atoms with Crippen LogP contribution in [-0.4, -0.2) is 75.0 Å². The van der Waals surface area contributed by atoms with Gasteiger partial charge in [-0.05, 0) is 31.6 Å². The molecular weight excluding hydrogens is 330 g/mol. The first-order valence-corrected chi connectivity index (χ1v) is 10.4. The fourth-order valence-electron chi connectivity index (χ4n) is 3.70. The number of amides is 1. The Balaban J connectivity index is 1.91. The molecule has 0 saturated carbocycles. The van der Waals surface area contributed by atoms with Crippen LogP contribution < -0.4 is 11.1 Å². The molecule has 0 aromatic heterocycles. The molecule has 2 fully saturated rings. The van der Waals surface area contributed by atoms with Crippen molar-refractivity contribution in [1.29, 1.82) is 0 Å². The summed E-state index contributed by atoms with van der Waals surface area (Å²) in [5, 5.41) is 3.31. The normalized spacial score (nSPS) is 26.6. The molecule has 138 valence electrons. The smallest absolute Gasteiger partial charge is 0.217 e. The van der Waals surface area contributed by atoms with Crippen LogP contribution in [0.1, 0.15) is 32.1 Å². The largest absolute Gasteiger partial charge is 0.370 e. The number of rotatable bonds is 5. The summed E-state index contributed by atoms with van der Waals surface area (Å²) in [6.45, 7) is 2.78. The molecule has 2 saturated heterocycles. The van der Waals surface area contributed by atoms with Crippen molar-refractivity contribution in [1.82, 2.24) is 14.5 Å². The highest BCUT2D eigenvalue weighted by molar-refractivity contribution is 7.88. The summed E-state index contributed by atoms with van der Waals surface area (Å²) in [6.07, 6.45) is 5.42. The van der Waals surface area contributed by atoms with Crippen LogP contribution in [0.25, 0.3) is 0 Å². The summed E-state index contributed by atoms with van der Waals surface area (Å²) in [5.41, 5.74) is 5.31. The average Bonchev–Trinajstić information content (AvgIpc) is 2.96. The lowest BCUT2D eigenvalue weighted by molar-refractivity contribution is -0.119. The number of carbonyl (C=O) groups excluding carboxylic acids is 1. The summed E-state index contributed by atoms with van der Waals surface area (Å²) in [7, 11) is -1.44. The van der Waals surface area contributed by atoms with Crippen LogP contribution in [-0.2, 0) is 14.8 Å². The van der Waals surface area contributed by atoms with E-state index in [2.05, 4.69) is 15.2 Å².